The van der Waals surface area contributed by atoms with Crippen molar-refractivity contribution in [2.24, 2.45) is 11.3 Å². The van der Waals surface area contributed by atoms with Crippen LogP contribution in [0.2, 0.25) is 5.02 Å². The molecule has 80 heavy (non-hydrogen) atoms. The summed E-state index contributed by atoms with van der Waals surface area (Å²) < 4.78 is 23.5. The van der Waals surface area contributed by atoms with Crippen molar-refractivity contribution >= 4 is 68.2 Å². The molecule has 4 fully saturated rings. The van der Waals surface area contributed by atoms with Crippen molar-refractivity contribution in [3.8, 4) is 33.3 Å². The molecule has 4 saturated heterocycles. The quantitative estimate of drug-likeness (QED) is 0.0651. The van der Waals surface area contributed by atoms with Crippen LogP contribution in [0.4, 0.5) is 10.2 Å². The molecule has 0 saturated carbocycles. The normalized spacial score (nSPS) is 20.3. The SMILES string of the molecule is Cc1ncsc1-c1ccc([C@H](C)NC(=O)[C@@H]2C[C@@H](O)CN2C(=O)[C@@H](NC(=O)CN2CCN(CC3CCN(C[C@@H](C)Oc4nc(N5CCNCC5)c5cc(Cl)c(-c6cc(O)cc7ccccc67)c(F)c5n4)CC3)CC2)C(C)(C)C)cc1. The standard InChI is InChI=1S/C60H75ClFN11O6S/c1-36(79-59-67-53-47(56(68-59)72-21-17-63-18-22-72)30-48(61)51(52(53)62)46-28-43(74)27-42-9-7-8-10-45(42)46)31-69-19-15-39(16-20-69)32-70-23-25-71(26-24-70)34-50(76)66-55(60(4,5)6)58(78)73-33-44(75)29-49(73)57(77)65-37(2)40-11-13-41(14-12-40)54-38(3)64-35-80-54/h7-14,27-28,30,35-37,39,44,49,55,63,74-75H,15-26,29,31-34H2,1-6H3,(H,65,77)(H,66,76)/t36-,37+,44-,49+,55-/m1/s1. The average Bonchev–Trinajstić information content (AvgIpc) is 4.13. The highest BCUT2D eigenvalue weighted by atomic mass is 35.5. The summed E-state index contributed by atoms with van der Waals surface area (Å²) >= 11 is 8.51. The zero-order valence-corrected chi connectivity index (χ0v) is 48.3. The Labute approximate surface area is 476 Å². The molecule has 6 heterocycles. The molecular formula is C60H75ClFN11O6S. The highest BCUT2D eigenvalue weighted by molar-refractivity contribution is 7.13. The second-order valence-electron chi connectivity index (χ2n) is 23.4. The van der Waals surface area contributed by atoms with Crippen LogP contribution in [0.15, 0.2) is 72.2 Å². The molecule has 0 radical (unpaired) electrons. The number of benzene rings is 4. The number of aromatic nitrogens is 3. The van der Waals surface area contributed by atoms with Gasteiger partial charge in [0.25, 0.3) is 0 Å². The molecular weight excluding hydrogens is 1060 g/mol. The van der Waals surface area contributed by atoms with Gasteiger partial charge < -0.3 is 45.6 Å². The fourth-order valence-corrected chi connectivity index (χ4v) is 13.0. The Bertz CT molecular complexity index is 3190. The van der Waals surface area contributed by atoms with E-state index in [1.807, 2.05) is 95.6 Å². The lowest BCUT2D eigenvalue weighted by atomic mass is 9.85. The van der Waals surface area contributed by atoms with Crippen molar-refractivity contribution in [1.82, 2.24) is 50.5 Å². The van der Waals surface area contributed by atoms with Crippen LogP contribution in [0.3, 0.4) is 0 Å². The summed E-state index contributed by atoms with van der Waals surface area (Å²) in [4.78, 5) is 67.6. The fourth-order valence-electron chi connectivity index (χ4n) is 11.9. The number of aryl methyl sites for hydroxylation is 1. The number of phenolic OH excluding ortho intramolecular Hbond substituents is 1. The Kier molecular flexibility index (Phi) is 17.6. The minimum absolute atomic E-state index is 0.00823. The van der Waals surface area contributed by atoms with Crippen molar-refractivity contribution in [1.29, 1.82) is 0 Å². The van der Waals surface area contributed by atoms with Crippen molar-refractivity contribution < 1.29 is 33.7 Å². The van der Waals surface area contributed by atoms with E-state index in [9.17, 15) is 24.6 Å². The molecule has 426 valence electrons. The van der Waals surface area contributed by atoms with Crippen LogP contribution in [-0.4, -0.2) is 178 Å². The van der Waals surface area contributed by atoms with Crippen LogP contribution >= 0.6 is 22.9 Å². The number of halogens is 2. The number of amides is 3. The van der Waals surface area contributed by atoms with Gasteiger partial charge in [0.05, 0.1) is 39.8 Å². The van der Waals surface area contributed by atoms with Gasteiger partial charge in [-0.1, -0.05) is 80.9 Å². The zero-order valence-electron chi connectivity index (χ0n) is 46.7. The van der Waals surface area contributed by atoms with E-state index in [2.05, 4.69) is 40.5 Å². The maximum Gasteiger partial charge on any atom is 0.319 e. The Morgan fingerprint density at radius 3 is 2.31 bits per heavy atom. The van der Waals surface area contributed by atoms with Gasteiger partial charge in [-0.15, -0.1) is 11.3 Å². The number of aromatic hydroxyl groups is 1. The van der Waals surface area contributed by atoms with Gasteiger partial charge in [-0.2, -0.15) is 9.97 Å². The number of aliphatic hydroxyl groups excluding tert-OH is 1. The second-order valence-corrected chi connectivity index (χ2v) is 24.6. The van der Waals surface area contributed by atoms with E-state index < -0.39 is 29.4 Å². The van der Waals surface area contributed by atoms with Gasteiger partial charge in [-0.05, 0) is 104 Å². The van der Waals surface area contributed by atoms with E-state index in [1.54, 1.807) is 23.5 Å². The number of carbonyl (C=O) groups is 3. The third-order valence-electron chi connectivity index (χ3n) is 16.3. The molecule has 3 amide bonds. The molecule has 17 nitrogen and oxygen atoms in total. The fraction of sp³-hybridized carbons (Fsp3) is 0.500. The zero-order chi connectivity index (χ0) is 56.4. The molecule has 4 aliphatic rings. The van der Waals surface area contributed by atoms with Crippen molar-refractivity contribution in [3.05, 3.63) is 94.3 Å². The number of ether oxygens (including phenoxy) is 1. The largest absolute Gasteiger partial charge is 0.508 e. The molecule has 4 aliphatic heterocycles. The van der Waals surface area contributed by atoms with Crippen molar-refractivity contribution in [3.63, 3.8) is 0 Å². The number of likely N-dealkylation sites (tertiary alicyclic amines) is 2. The van der Waals surface area contributed by atoms with Gasteiger partial charge in [-0.3, -0.25) is 24.2 Å². The minimum atomic E-state index is -0.905. The van der Waals surface area contributed by atoms with E-state index in [0.717, 1.165) is 104 Å². The first-order valence-electron chi connectivity index (χ1n) is 28.2. The molecule has 4 aromatic carbocycles. The van der Waals surface area contributed by atoms with Crippen molar-refractivity contribution in [2.45, 2.75) is 91.1 Å². The number of carbonyl (C=O) groups excluding carboxylic acids is 3. The van der Waals surface area contributed by atoms with Crippen molar-refractivity contribution in [2.75, 3.05) is 96.5 Å². The van der Waals surface area contributed by atoms with Crippen LogP contribution < -0.4 is 25.6 Å². The topological polar surface area (TPSA) is 192 Å². The monoisotopic (exact) mass is 1130 g/mol. The highest BCUT2D eigenvalue weighted by Gasteiger charge is 2.45. The Hall–Kier alpha value is -6.06. The molecule has 0 unspecified atom stereocenters. The smallest absolute Gasteiger partial charge is 0.319 e. The molecule has 0 bridgehead atoms. The highest BCUT2D eigenvalue weighted by Crippen LogP contribution is 2.43. The number of aliphatic hydroxyl groups is 1. The van der Waals surface area contributed by atoms with Gasteiger partial charge in [0.15, 0.2) is 5.82 Å². The van der Waals surface area contributed by atoms with Crippen LogP contribution in [0, 0.1) is 24.1 Å². The summed E-state index contributed by atoms with van der Waals surface area (Å²) in [6.07, 6.45) is 1.03. The van der Waals surface area contributed by atoms with Gasteiger partial charge in [-0.25, -0.2) is 9.37 Å². The molecule has 5 N–H and O–H groups in total. The Morgan fingerprint density at radius 2 is 1.61 bits per heavy atom. The minimum Gasteiger partial charge on any atom is -0.508 e. The van der Waals surface area contributed by atoms with Crippen LogP contribution in [-0.2, 0) is 14.4 Å². The number of nitrogens with zero attached hydrogens (tertiary/aromatic N) is 8. The second kappa shape index (κ2) is 24.6. The number of hydrogen-bond acceptors (Lipinski definition) is 15. The lowest BCUT2D eigenvalue weighted by Crippen LogP contribution is -2.59. The van der Waals surface area contributed by atoms with E-state index in [-0.39, 0.29) is 77.2 Å². The third kappa shape index (κ3) is 13.0. The summed E-state index contributed by atoms with van der Waals surface area (Å²) in [6, 6.07) is 18.4. The average molecular weight is 1130 g/mol. The number of β-amino-alcohol motifs (C(OH)–C–C–N with tert-alkyl or cyclic N) is 1. The van der Waals surface area contributed by atoms with Crippen LogP contribution in [0.1, 0.15) is 71.2 Å². The number of hydrogen-bond donors (Lipinski definition) is 5. The maximum absolute atomic E-state index is 17.1. The molecule has 0 spiro atoms. The van der Waals surface area contributed by atoms with E-state index in [0.29, 0.717) is 42.3 Å². The van der Waals surface area contributed by atoms with Gasteiger partial charge >= 0.3 is 6.01 Å². The number of piperazine rings is 2. The molecule has 20 heteroatoms. The number of piperidine rings is 1. The summed E-state index contributed by atoms with van der Waals surface area (Å²) in [5.74, 6) is -0.468. The van der Waals surface area contributed by atoms with Gasteiger partial charge in [0.2, 0.25) is 17.7 Å². The molecule has 6 aromatic rings. The van der Waals surface area contributed by atoms with Gasteiger partial charge in [0.1, 0.15) is 35.3 Å². The Balaban J connectivity index is 0.696. The lowest BCUT2D eigenvalue weighted by Gasteiger charge is -2.39. The third-order valence-corrected chi connectivity index (χ3v) is 17.6. The first-order valence-corrected chi connectivity index (χ1v) is 29.4. The first kappa shape index (κ1) is 57.2. The first-order chi connectivity index (χ1) is 38.4. The Morgan fingerprint density at radius 1 is 0.900 bits per heavy atom. The summed E-state index contributed by atoms with van der Waals surface area (Å²) in [7, 11) is 0. The summed E-state index contributed by atoms with van der Waals surface area (Å²) in [6.45, 7) is 21.2. The molecule has 2 aromatic heterocycles. The molecule has 5 atom stereocenters. The van der Waals surface area contributed by atoms with Crippen LogP contribution in [0.25, 0.3) is 43.2 Å². The number of anilines is 1. The number of rotatable bonds is 16. The predicted molar refractivity (Wildman–Crippen MR) is 313 cm³/mol. The lowest BCUT2D eigenvalue weighted by molar-refractivity contribution is -0.144. The van der Waals surface area contributed by atoms with E-state index in [4.69, 9.17) is 26.3 Å². The summed E-state index contributed by atoms with van der Waals surface area (Å²) in [5, 5.41) is 33.1. The predicted octanol–water partition coefficient (Wildman–Crippen LogP) is 7.26. The van der Waals surface area contributed by atoms with Crippen LogP contribution in [0.5, 0.6) is 11.8 Å². The summed E-state index contributed by atoms with van der Waals surface area (Å²) in [5.41, 5.74) is 4.84. The number of phenols is 1. The number of nitrogens with one attached hydrogen (secondary N) is 3. The van der Waals surface area contributed by atoms with Gasteiger partial charge in [0, 0.05) is 89.4 Å². The number of fused-ring (bicyclic) bond motifs is 2. The molecule has 10 rings (SSSR count). The van der Waals surface area contributed by atoms with E-state index >= 15 is 4.39 Å². The van der Waals surface area contributed by atoms with E-state index in [1.165, 1.54) is 11.0 Å². The molecule has 0 aliphatic carbocycles. The number of thiazole rings is 1. The maximum atomic E-state index is 17.1.